The van der Waals surface area contributed by atoms with Gasteiger partial charge < -0.3 is 14.6 Å². The zero-order valence-electron chi connectivity index (χ0n) is 12.0. The van der Waals surface area contributed by atoms with E-state index in [1.165, 1.54) is 0 Å². The molecule has 1 N–H and O–H groups in total. The summed E-state index contributed by atoms with van der Waals surface area (Å²) in [5.74, 6) is -6.53. The number of aliphatic hydroxyl groups is 1. The minimum Gasteiger partial charge on any atom is -0.459 e. The second kappa shape index (κ2) is 7.08. The van der Waals surface area contributed by atoms with Gasteiger partial charge in [0.2, 0.25) is 0 Å². The van der Waals surface area contributed by atoms with E-state index in [4.69, 9.17) is 9.84 Å². The largest absolute Gasteiger partial charge is 0.459 e. The Labute approximate surface area is 128 Å². The summed E-state index contributed by atoms with van der Waals surface area (Å²) < 4.78 is 82.8. The molecule has 0 radical (unpaired) electrons. The Morgan fingerprint density at radius 1 is 1.04 bits per heavy atom. The van der Waals surface area contributed by atoms with Gasteiger partial charge in [0.15, 0.2) is 0 Å². The molecule has 0 unspecified atom stereocenters. The molecule has 134 valence electrons. The molecule has 4 nitrogen and oxygen atoms in total. The van der Waals surface area contributed by atoms with Crippen LogP contribution in [0.2, 0.25) is 0 Å². The number of carbonyl (C=O) groups is 1. The summed E-state index contributed by atoms with van der Waals surface area (Å²) in [7, 11) is 0. The lowest BCUT2D eigenvalue weighted by Crippen LogP contribution is -2.59. The lowest BCUT2D eigenvalue weighted by Gasteiger charge is -2.31. The first-order valence-electron chi connectivity index (χ1n) is 6.77. The van der Waals surface area contributed by atoms with Crippen LogP contribution in [0.4, 0.5) is 26.3 Å². The quantitative estimate of drug-likeness (QED) is 0.358. The molecule has 0 heterocycles. The van der Waals surface area contributed by atoms with Crippen molar-refractivity contribution in [2.45, 2.75) is 56.3 Å². The molecular weight excluding hydrogens is 334 g/mol. The van der Waals surface area contributed by atoms with Crippen LogP contribution < -0.4 is 0 Å². The number of rotatable bonds is 5. The monoisotopic (exact) mass is 350 g/mol. The van der Waals surface area contributed by atoms with Crippen molar-refractivity contribution < 1.29 is 45.7 Å². The molecule has 0 spiro atoms. The number of alkyl halides is 6. The summed E-state index contributed by atoms with van der Waals surface area (Å²) in [4.78, 5) is 11.6. The molecule has 0 atom stereocenters. The Balaban J connectivity index is 2.63. The Morgan fingerprint density at radius 3 is 1.96 bits per heavy atom. The number of hydrogen-bond acceptors (Lipinski definition) is 4. The molecule has 23 heavy (non-hydrogen) atoms. The smallest absolute Gasteiger partial charge is 0.453 e. The predicted octanol–water partition coefficient (Wildman–Crippen LogP) is 3.25. The van der Waals surface area contributed by atoms with Crippen LogP contribution in [0.25, 0.3) is 0 Å². The fourth-order valence-corrected chi connectivity index (χ4v) is 1.99. The highest BCUT2D eigenvalue weighted by molar-refractivity contribution is 5.88. The number of halogens is 6. The van der Waals surface area contributed by atoms with Crippen molar-refractivity contribution in [2.75, 3.05) is 6.61 Å². The predicted molar refractivity (Wildman–Crippen MR) is 65.1 cm³/mol. The highest BCUT2D eigenvalue weighted by Crippen LogP contribution is 2.44. The van der Waals surface area contributed by atoms with Crippen molar-refractivity contribution in [3.05, 3.63) is 12.2 Å². The zero-order chi connectivity index (χ0) is 17.9. The molecule has 1 aliphatic carbocycles. The van der Waals surface area contributed by atoms with Crippen LogP contribution >= 0.6 is 0 Å². The van der Waals surface area contributed by atoms with Crippen LogP contribution in [-0.4, -0.2) is 41.9 Å². The molecule has 0 bridgehead atoms. The van der Waals surface area contributed by atoms with E-state index in [0.29, 0.717) is 12.8 Å². The summed E-state index contributed by atoms with van der Waals surface area (Å²) >= 11 is 0. The summed E-state index contributed by atoms with van der Waals surface area (Å²) in [6.07, 6.45) is -8.99. The molecule has 1 rings (SSSR count). The van der Waals surface area contributed by atoms with E-state index in [0.717, 1.165) is 19.3 Å². The molecule has 0 aromatic carbocycles. The molecule has 1 saturated carbocycles. The summed E-state index contributed by atoms with van der Waals surface area (Å²) in [5.41, 5.74) is -0.748. The lowest BCUT2D eigenvalue weighted by molar-refractivity contribution is -0.455. The zero-order valence-corrected chi connectivity index (χ0v) is 12.0. The van der Waals surface area contributed by atoms with Crippen LogP contribution in [0, 0.1) is 0 Å². The maximum Gasteiger partial charge on any atom is 0.453 e. The van der Waals surface area contributed by atoms with E-state index in [2.05, 4.69) is 11.3 Å². The van der Waals surface area contributed by atoms with Gasteiger partial charge in [-0.05, 0) is 25.7 Å². The van der Waals surface area contributed by atoms with E-state index >= 15 is 0 Å². The van der Waals surface area contributed by atoms with E-state index in [9.17, 15) is 31.1 Å². The Kier molecular flexibility index (Phi) is 6.08. The SMILES string of the molecule is C=C(COC(O)(C(F)(F)F)C(F)(F)F)C(=O)OC1CCCCC1. The van der Waals surface area contributed by atoms with Crippen molar-refractivity contribution in [1.82, 2.24) is 0 Å². The fraction of sp³-hybridized carbons (Fsp3) is 0.769. The lowest BCUT2D eigenvalue weighted by atomic mass is 9.98. The van der Waals surface area contributed by atoms with Crippen LogP contribution in [-0.2, 0) is 14.3 Å². The average Bonchev–Trinajstić information content (AvgIpc) is 2.42. The third kappa shape index (κ3) is 4.84. The van der Waals surface area contributed by atoms with Gasteiger partial charge in [-0.3, -0.25) is 0 Å². The third-order valence-corrected chi connectivity index (χ3v) is 3.34. The number of hydrogen-bond donors (Lipinski definition) is 1. The Morgan fingerprint density at radius 2 is 1.52 bits per heavy atom. The van der Waals surface area contributed by atoms with Crippen LogP contribution in [0.5, 0.6) is 0 Å². The highest BCUT2D eigenvalue weighted by atomic mass is 19.4. The first kappa shape index (κ1) is 19.8. The first-order chi connectivity index (χ1) is 10.4. The van der Waals surface area contributed by atoms with E-state index in [1.54, 1.807) is 0 Å². The molecule has 0 aliphatic heterocycles. The van der Waals surface area contributed by atoms with Gasteiger partial charge in [-0.2, -0.15) is 26.3 Å². The van der Waals surface area contributed by atoms with Gasteiger partial charge in [0, 0.05) is 0 Å². The molecule has 1 aliphatic rings. The van der Waals surface area contributed by atoms with Crippen LogP contribution in [0.3, 0.4) is 0 Å². The standard InChI is InChI=1S/C13H16F6O4/c1-8(10(20)23-9-5-3-2-4-6-9)7-22-11(21,12(14,15)16)13(17,18)19/h9,21H,1-7H2. The van der Waals surface area contributed by atoms with Gasteiger partial charge in [-0.25, -0.2) is 4.79 Å². The van der Waals surface area contributed by atoms with E-state index in [-0.39, 0.29) is 0 Å². The molecule has 0 aromatic heterocycles. The van der Waals surface area contributed by atoms with Crippen LogP contribution in [0.15, 0.2) is 12.2 Å². The molecule has 0 saturated heterocycles. The molecule has 0 aromatic rings. The van der Waals surface area contributed by atoms with Gasteiger partial charge in [0.25, 0.3) is 0 Å². The van der Waals surface area contributed by atoms with Gasteiger partial charge in [-0.15, -0.1) is 0 Å². The molecular formula is C13H16F6O4. The third-order valence-electron chi connectivity index (χ3n) is 3.34. The van der Waals surface area contributed by atoms with Gasteiger partial charge in [-0.1, -0.05) is 13.0 Å². The first-order valence-corrected chi connectivity index (χ1v) is 6.77. The Hall–Kier alpha value is -1.29. The second-order valence-electron chi connectivity index (χ2n) is 5.20. The summed E-state index contributed by atoms with van der Waals surface area (Å²) in [5, 5.41) is 8.77. The van der Waals surface area contributed by atoms with E-state index in [1.807, 2.05) is 0 Å². The van der Waals surface area contributed by atoms with Gasteiger partial charge >= 0.3 is 24.1 Å². The minimum atomic E-state index is -6.13. The van der Waals surface area contributed by atoms with Crippen molar-refractivity contribution in [3.8, 4) is 0 Å². The molecule has 1 fully saturated rings. The van der Waals surface area contributed by atoms with Gasteiger partial charge in [0.1, 0.15) is 6.10 Å². The molecule has 10 heteroatoms. The second-order valence-corrected chi connectivity index (χ2v) is 5.20. The van der Waals surface area contributed by atoms with Crippen molar-refractivity contribution >= 4 is 5.97 Å². The van der Waals surface area contributed by atoms with Crippen molar-refractivity contribution in [1.29, 1.82) is 0 Å². The molecule has 0 amide bonds. The van der Waals surface area contributed by atoms with E-state index < -0.39 is 42.4 Å². The highest BCUT2D eigenvalue weighted by Gasteiger charge is 2.72. The Bertz CT molecular complexity index is 423. The minimum absolute atomic E-state index is 0.447. The summed E-state index contributed by atoms with van der Waals surface area (Å²) in [6.45, 7) is 1.57. The topological polar surface area (TPSA) is 55.8 Å². The van der Waals surface area contributed by atoms with Gasteiger partial charge in [0.05, 0.1) is 12.2 Å². The van der Waals surface area contributed by atoms with Crippen molar-refractivity contribution in [3.63, 3.8) is 0 Å². The maximum absolute atomic E-state index is 12.4. The maximum atomic E-state index is 12.4. The summed E-state index contributed by atoms with van der Waals surface area (Å²) in [6, 6.07) is 0. The van der Waals surface area contributed by atoms with Crippen molar-refractivity contribution in [2.24, 2.45) is 0 Å². The normalized spacial score (nSPS) is 17.9. The van der Waals surface area contributed by atoms with Crippen LogP contribution in [0.1, 0.15) is 32.1 Å². The number of esters is 1. The number of carbonyl (C=O) groups excluding carboxylic acids is 1. The number of ether oxygens (including phenoxy) is 2. The average molecular weight is 350 g/mol. The fourth-order valence-electron chi connectivity index (χ4n) is 1.99.